The van der Waals surface area contributed by atoms with Gasteiger partial charge in [0.1, 0.15) is 18.0 Å². The molecule has 9 heteroatoms. The van der Waals surface area contributed by atoms with Gasteiger partial charge in [0.2, 0.25) is 0 Å². The van der Waals surface area contributed by atoms with Gasteiger partial charge in [-0.15, -0.1) is 0 Å². The lowest BCUT2D eigenvalue weighted by atomic mass is 9.97. The number of hydrogen-bond donors (Lipinski definition) is 2. The first-order chi connectivity index (χ1) is 19.1. The number of aliphatic carboxylic acids is 1. The number of nitrogens with zero attached hydrogens (tertiary/aromatic N) is 4. The minimum Gasteiger partial charge on any atom is -0.480 e. The fraction of sp³-hybridized carbons (Fsp3) is 0.567. The Kier molecular flexibility index (Phi) is 7.79. The number of carboxylic acid groups (broad SMARTS) is 1. The second-order valence-electron chi connectivity index (χ2n) is 11.3. The van der Waals surface area contributed by atoms with Gasteiger partial charge in [0, 0.05) is 42.3 Å². The lowest BCUT2D eigenvalue weighted by Crippen LogP contribution is -2.34. The van der Waals surface area contributed by atoms with E-state index >= 15 is 4.39 Å². The molecule has 0 saturated carbocycles. The van der Waals surface area contributed by atoms with Crippen molar-refractivity contribution in [2.75, 3.05) is 38.2 Å². The minimum atomic E-state index is -0.931. The van der Waals surface area contributed by atoms with Gasteiger partial charge in [0.15, 0.2) is 0 Å². The van der Waals surface area contributed by atoms with E-state index in [1.54, 1.807) is 6.20 Å². The molecule has 2 fully saturated rings. The van der Waals surface area contributed by atoms with Gasteiger partial charge in [-0.1, -0.05) is 30.7 Å². The molecule has 3 aliphatic heterocycles. The predicted molar refractivity (Wildman–Crippen MR) is 148 cm³/mol. The fourth-order valence-corrected chi connectivity index (χ4v) is 6.56. The number of nitrogens with one attached hydrogen (secondary N) is 1. The normalized spacial score (nSPS) is 23.0. The Labute approximate surface area is 228 Å². The average molecular weight is 536 g/mol. The van der Waals surface area contributed by atoms with E-state index in [1.165, 1.54) is 5.56 Å². The summed E-state index contributed by atoms with van der Waals surface area (Å²) in [5, 5.41) is 19.2. The molecule has 2 saturated heterocycles. The van der Waals surface area contributed by atoms with Gasteiger partial charge in [0.25, 0.3) is 0 Å². The van der Waals surface area contributed by atoms with Gasteiger partial charge in [-0.05, 0) is 63.1 Å². The number of halogens is 1. The van der Waals surface area contributed by atoms with Crippen LogP contribution in [0.3, 0.4) is 0 Å². The van der Waals surface area contributed by atoms with Crippen molar-refractivity contribution in [1.82, 2.24) is 19.7 Å². The minimum absolute atomic E-state index is 0.104. The number of para-hydroxylation sites is 1. The predicted octanol–water partition coefficient (Wildman–Crippen LogP) is 4.95. The Hall–Kier alpha value is -3.04. The summed E-state index contributed by atoms with van der Waals surface area (Å²) in [5.74, 6) is -0.0391. The highest BCUT2D eigenvalue weighted by atomic mass is 19.1. The molecule has 39 heavy (non-hydrogen) atoms. The Morgan fingerprint density at radius 1 is 1.23 bits per heavy atom. The Bertz CT molecular complexity index is 1310. The van der Waals surface area contributed by atoms with Crippen molar-refractivity contribution in [3.05, 3.63) is 53.3 Å². The van der Waals surface area contributed by atoms with E-state index < -0.39 is 18.2 Å². The highest BCUT2D eigenvalue weighted by Gasteiger charge is 2.38. The molecule has 5 heterocycles. The molecule has 208 valence electrons. The molecular weight excluding hydrogens is 497 g/mol. The molecule has 6 rings (SSSR count). The van der Waals surface area contributed by atoms with E-state index in [9.17, 15) is 9.90 Å². The van der Waals surface area contributed by atoms with Gasteiger partial charge >= 0.3 is 5.97 Å². The van der Waals surface area contributed by atoms with Crippen LogP contribution in [0.1, 0.15) is 67.4 Å². The van der Waals surface area contributed by atoms with Crippen LogP contribution in [0.5, 0.6) is 0 Å². The number of unbranched alkanes of at least 4 members (excludes halogenated alkanes) is 1. The number of likely N-dealkylation sites (tertiary alicyclic amines) is 1. The summed E-state index contributed by atoms with van der Waals surface area (Å²) < 4.78 is 22.9. The van der Waals surface area contributed by atoms with Gasteiger partial charge < -0.3 is 15.2 Å². The molecule has 2 N–H and O–H groups in total. The summed E-state index contributed by atoms with van der Waals surface area (Å²) in [7, 11) is 0. The van der Waals surface area contributed by atoms with Crippen LogP contribution in [0.4, 0.5) is 10.2 Å². The third-order valence-corrected chi connectivity index (χ3v) is 8.68. The lowest BCUT2D eigenvalue weighted by Gasteiger charge is -2.26. The number of aryl methyl sites for hydroxylation is 2. The molecule has 3 aliphatic rings. The van der Waals surface area contributed by atoms with Crippen LogP contribution in [0, 0.1) is 5.92 Å². The third kappa shape index (κ3) is 5.52. The van der Waals surface area contributed by atoms with Crippen molar-refractivity contribution in [1.29, 1.82) is 0 Å². The highest BCUT2D eigenvalue weighted by molar-refractivity contribution is 5.88. The smallest absolute Gasteiger partial charge is 0.325 e. The van der Waals surface area contributed by atoms with Crippen molar-refractivity contribution >= 4 is 22.7 Å². The standard InChI is InChI=1S/C30H38FN5O3/c31-26(9-2-1-7-23-11-10-20-6-4-14-32-29(20)34-23)22-12-15-35(18-22)28(30(37)38)25-8-3-5-21-17-33-36(27(21)25)24-13-16-39-19-24/h3,5,8,10-11,17,22,24,26,28H,1-2,4,6-7,9,12-16,18-19H2,(H,32,34)(H,37,38). The number of carbonyl (C=O) groups is 1. The zero-order valence-electron chi connectivity index (χ0n) is 22.4. The van der Waals surface area contributed by atoms with Gasteiger partial charge in [-0.3, -0.25) is 14.4 Å². The number of anilines is 1. The lowest BCUT2D eigenvalue weighted by molar-refractivity contribution is -0.143. The van der Waals surface area contributed by atoms with E-state index in [1.807, 2.05) is 27.8 Å². The number of fused-ring (bicyclic) bond motifs is 2. The van der Waals surface area contributed by atoms with Gasteiger partial charge in [0.05, 0.1) is 24.4 Å². The summed E-state index contributed by atoms with van der Waals surface area (Å²) in [4.78, 5) is 19.3. The Morgan fingerprint density at radius 2 is 2.15 bits per heavy atom. The van der Waals surface area contributed by atoms with Crippen LogP contribution in [0.2, 0.25) is 0 Å². The van der Waals surface area contributed by atoms with Crippen LogP contribution < -0.4 is 5.32 Å². The quantitative estimate of drug-likeness (QED) is 0.355. The second kappa shape index (κ2) is 11.6. The topological polar surface area (TPSA) is 92.5 Å². The SMILES string of the molecule is O=C(O)C(c1cccc2cnn(C3CCOC3)c12)N1CCC(C(F)CCCCc2ccc3c(n2)NCCC3)C1. The maximum Gasteiger partial charge on any atom is 0.325 e. The fourth-order valence-electron chi connectivity index (χ4n) is 6.56. The summed E-state index contributed by atoms with van der Waals surface area (Å²) in [6.07, 6.45) is 7.68. The summed E-state index contributed by atoms with van der Waals surface area (Å²) in [6, 6.07) is 9.30. The molecule has 0 aliphatic carbocycles. The number of aromatic nitrogens is 3. The molecule has 4 atom stereocenters. The largest absolute Gasteiger partial charge is 0.480 e. The van der Waals surface area contributed by atoms with Crippen LogP contribution >= 0.6 is 0 Å². The number of rotatable bonds is 10. The van der Waals surface area contributed by atoms with E-state index in [0.29, 0.717) is 39.1 Å². The highest BCUT2D eigenvalue weighted by Crippen LogP contribution is 2.36. The summed E-state index contributed by atoms with van der Waals surface area (Å²) >= 11 is 0. The first-order valence-electron chi connectivity index (χ1n) is 14.5. The summed E-state index contributed by atoms with van der Waals surface area (Å²) in [6.45, 7) is 3.27. The maximum absolute atomic E-state index is 15.3. The average Bonchev–Trinajstić information content (AvgIpc) is 3.72. The van der Waals surface area contributed by atoms with Crippen molar-refractivity contribution in [2.45, 2.75) is 69.6 Å². The zero-order valence-corrected chi connectivity index (χ0v) is 22.4. The molecule has 8 nitrogen and oxygen atoms in total. The van der Waals surface area contributed by atoms with E-state index in [2.05, 4.69) is 22.5 Å². The molecule has 0 bridgehead atoms. The molecule has 0 amide bonds. The molecule has 0 radical (unpaired) electrons. The molecule has 2 aromatic heterocycles. The van der Waals surface area contributed by atoms with Crippen LogP contribution in [0.15, 0.2) is 36.5 Å². The van der Waals surface area contributed by atoms with Crippen molar-refractivity contribution < 1.29 is 19.0 Å². The number of benzene rings is 1. The van der Waals surface area contributed by atoms with Crippen LogP contribution in [-0.2, 0) is 22.4 Å². The van der Waals surface area contributed by atoms with Crippen molar-refractivity contribution in [3.63, 3.8) is 0 Å². The molecule has 0 spiro atoms. The zero-order chi connectivity index (χ0) is 26.8. The molecule has 3 aromatic rings. The van der Waals surface area contributed by atoms with Crippen LogP contribution in [-0.4, -0.2) is 69.8 Å². The van der Waals surface area contributed by atoms with E-state index in [-0.39, 0.29) is 12.0 Å². The van der Waals surface area contributed by atoms with Crippen molar-refractivity contribution in [3.8, 4) is 0 Å². The Balaban J connectivity index is 1.07. The second-order valence-corrected chi connectivity index (χ2v) is 11.3. The van der Waals surface area contributed by atoms with Gasteiger partial charge in [-0.2, -0.15) is 5.10 Å². The number of alkyl halides is 1. The van der Waals surface area contributed by atoms with E-state index in [0.717, 1.165) is 73.0 Å². The van der Waals surface area contributed by atoms with Crippen molar-refractivity contribution in [2.24, 2.45) is 5.92 Å². The number of ether oxygens (including phenoxy) is 1. The molecule has 1 aromatic carbocycles. The first-order valence-corrected chi connectivity index (χ1v) is 14.5. The molecular formula is C30H38FN5O3. The number of carboxylic acids is 1. The number of pyridine rings is 1. The maximum atomic E-state index is 15.3. The van der Waals surface area contributed by atoms with E-state index in [4.69, 9.17) is 9.72 Å². The van der Waals surface area contributed by atoms with Crippen LogP contribution in [0.25, 0.3) is 10.9 Å². The summed E-state index contributed by atoms with van der Waals surface area (Å²) in [5.41, 5.74) is 3.93. The monoisotopic (exact) mass is 535 g/mol. The third-order valence-electron chi connectivity index (χ3n) is 8.68. The Morgan fingerprint density at radius 3 is 3.00 bits per heavy atom. The number of hydrogen-bond acceptors (Lipinski definition) is 6. The molecule has 4 unspecified atom stereocenters. The first kappa shape index (κ1) is 26.2. The van der Waals surface area contributed by atoms with Gasteiger partial charge in [-0.25, -0.2) is 9.37 Å².